The molecule has 4 heteroatoms. The van der Waals surface area contributed by atoms with E-state index < -0.39 is 0 Å². The summed E-state index contributed by atoms with van der Waals surface area (Å²) in [6, 6.07) is 3.08. The molecular weight excluding hydrogens is 223 g/mol. The van der Waals surface area contributed by atoms with Crippen LogP contribution in [-0.2, 0) is 7.05 Å². The molecule has 0 amide bonds. The third-order valence-electron chi connectivity index (χ3n) is 1.69. The summed E-state index contributed by atoms with van der Waals surface area (Å²) in [5, 5.41) is 4.79. The Bertz CT molecular complexity index is 397. The number of benzene rings is 1. The fourth-order valence-corrected chi connectivity index (χ4v) is 1.58. The molecule has 0 radical (unpaired) electrons. The smallest absolute Gasteiger partial charge is 0.151 e. The van der Waals surface area contributed by atoms with Crippen LogP contribution in [0.4, 0.5) is 4.39 Å². The van der Waals surface area contributed by atoms with Gasteiger partial charge in [-0.1, -0.05) is 15.9 Å². The highest BCUT2D eigenvalue weighted by molar-refractivity contribution is 9.10. The molecule has 0 atom stereocenters. The first-order valence-electron chi connectivity index (χ1n) is 3.46. The van der Waals surface area contributed by atoms with Gasteiger partial charge < -0.3 is 0 Å². The first kappa shape index (κ1) is 7.73. The normalized spacial score (nSPS) is 10.9. The monoisotopic (exact) mass is 228 g/mol. The lowest BCUT2D eigenvalue weighted by Gasteiger charge is -1.91. The van der Waals surface area contributed by atoms with Gasteiger partial charge in [-0.05, 0) is 12.1 Å². The fraction of sp³-hybridized carbons (Fsp3) is 0.125. The quantitative estimate of drug-likeness (QED) is 0.678. The van der Waals surface area contributed by atoms with E-state index in [-0.39, 0.29) is 5.82 Å². The Morgan fingerprint density at radius 2 is 2.25 bits per heavy atom. The zero-order valence-corrected chi connectivity index (χ0v) is 7.97. The van der Waals surface area contributed by atoms with E-state index in [1.54, 1.807) is 24.0 Å². The van der Waals surface area contributed by atoms with Crippen molar-refractivity contribution in [2.24, 2.45) is 7.05 Å². The molecule has 0 saturated heterocycles. The van der Waals surface area contributed by atoms with E-state index in [4.69, 9.17) is 0 Å². The third-order valence-corrected chi connectivity index (χ3v) is 2.38. The van der Waals surface area contributed by atoms with Crippen molar-refractivity contribution in [1.82, 2.24) is 9.78 Å². The topological polar surface area (TPSA) is 17.8 Å². The van der Waals surface area contributed by atoms with Gasteiger partial charge in [0.2, 0.25) is 0 Å². The summed E-state index contributed by atoms with van der Waals surface area (Å²) in [7, 11) is 1.77. The molecule has 0 spiro atoms. The molecule has 1 aromatic carbocycles. The summed E-state index contributed by atoms with van der Waals surface area (Å²) >= 11 is 3.32. The van der Waals surface area contributed by atoms with Crippen LogP contribution in [0.3, 0.4) is 0 Å². The van der Waals surface area contributed by atoms with Gasteiger partial charge in [0.1, 0.15) is 5.52 Å². The van der Waals surface area contributed by atoms with Crippen LogP contribution in [-0.4, -0.2) is 9.78 Å². The van der Waals surface area contributed by atoms with Gasteiger partial charge in [0.25, 0.3) is 0 Å². The Morgan fingerprint density at radius 1 is 1.50 bits per heavy atom. The lowest BCUT2D eigenvalue weighted by molar-refractivity contribution is 0.632. The zero-order chi connectivity index (χ0) is 8.72. The van der Waals surface area contributed by atoms with Crippen LogP contribution in [0, 0.1) is 5.82 Å². The first-order chi connectivity index (χ1) is 5.68. The molecule has 2 nitrogen and oxygen atoms in total. The van der Waals surface area contributed by atoms with Gasteiger partial charge in [-0.25, -0.2) is 4.39 Å². The number of hydrogen-bond acceptors (Lipinski definition) is 1. The predicted molar refractivity (Wildman–Crippen MR) is 48.4 cm³/mol. The molecule has 62 valence electrons. The van der Waals surface area contributed by atoms with E-state index in [0.29, 0.717) is 5.52 Å². The van der Waals surface area contributed by atoms with Crippen LogP contribution in [0.5, 0.6) is 0 Å². The minimum atomic E-state index is -0.284. The van der Waals surface area contributed by atoms with Crippen molar-refractivity contribution in [1.29, 1.82) is 0 Å². The van der Waals surface area contributed by atoms with Crippen molar-refractivity contribution < 1.29 is 4.39 Å². The van der Waals surface area contributed by atoms with E-state index >= 15 is 0 Å². The van der Waals surface area contributed by atoms with Gasteiger partial charge in [0.05, 0.1) is 0 Å². The molecule has 2 aromatic rings. The highest BCUT2D eigenvalue weighted by Gasteiger charge is 2.06. The van der Waals surface area contributed by atoms with Crippen LogP contribution < -0.4 is 0 Å². The van der Waals surface area contributed by atoms with E-state index in [1.165, 1.54) is 6.07 Å². The maximum absolute atomic E-state index is 13.1. The Labute approximate surface area is 77.1 Å². The summed E-state index contributed by atoms with van der Waals surface area (Å²) in [4.78, 5) is 0. The van der Waals surface area contributed by atoms with Gasteiger partial charge in [0, 0.05) is 23.1 Å². The summed E-state index contributed by atoms with van der Waals surface area (Å²) in [5.74, 6) is -0.284. The van der Waals surface area contributed by atoms with Crippen molar-refractivity contribution in [3.8, 4) is 0 Å². The van der Waals surface area contributed by atoms with E-state index in [1.807, 2.05) is 0 Å². The largest absolute Gasteiger partial charge is 0.274 e. The Kier molecular flexibility index (Phi) is 1.65. The van der Waals surface area contributed by atoms with E-state index in [2.05, 4.69) is 21.0 Å². The van der Waals surface area contributed by atoms with Crippen molar-refractivity contribution in [2.75, 3.05) is 0 Å². The van der Waals surface area contributed by atoms with E-state index in [9.17, 15) is 4.39 Å². The molecule has 0 aliphatic carbocycles. The van der Waals surface area contributed by atoms with Crippen LogP contribution in [0.2, 0.25) is 0 Å². The SMILES string of the molecule is Cn1cc2c(Br)ccc(F)c2n1. The fourth-order valence-electron chi connectivity index (χ4n) is 1.15. The lowest BCUT2D eigenvalue weighted by atomic mass is 10.2. The molecule has 1 heterocycles. The molecule has 0 aliphatic heterocycles. The summed E-state index contributed by atoms with van der Waals surface area (Å²) < 4.78 is 15.5. The molecule has 0 bridgehead atoms. The average Bonchev–Trinajstić information content (AvgIpc) is 2.41. The number of rotatable bonds is 0. The molecule has 12 heavy (non-hydrogen) atoms. The van der Waals surface area contributed by atoms with Crippen molar-refractivity contribution in [3.05, 3.63) is 28.6 Å². The van der Waals surface area contributed by atoms with Crippen molar-refractivity contribution in [2.45, 2.75) is 0 Å². The molecule has 0 unspecified atom stereocenters. The number of halogens is 2. The molecule has 0 fully saturated rings. The maximum Gasteiger partial charge on any atom is 0.151 e. The summed E-state index contributed by atoms with van der Waals surface area (Å²) in [6.45, 7) is 0. The molecule has 0 saturated carbocycles. The lowest BCUT2D eigenvalue weighted by Crippen LogP contribution is -1.86. The zero-order valence-electron chi connectivity index (χ0n) is 6.38. The number of aromatic nitrogens is 2. The minimum absolute atomic E-state index is 0.284. The Hall–Kier alpha value is -0.900. The molecule has 1 aromatic heterocycles. The second-order valence-electron chi connectivity index (χ2n) is 2.59. The molecule has 0 aliphatic rings. The van der Waals surface area contributed by atoms with Gasteiger partial charge in [-0.2, -0.15) is 5.10 Å². The Balaban J connectivity index is 2.93. The number of hydrogen-bond donors (Lipinski definition) is 0. The van der Waals surface area contributed by atoms with Gasteiger partial charge in [0.15, 0.2) is 5.82 Å². The van der Waals surface area contributed by atoms with Gasteiger partial charge >= 0.3 is 0 Å². The summed E-state index contributed by atoms with van der Waals surface area (Å²) in [5.41, 5.74) is 0.409. The minimum Gasteiger partial charge on any atom is -0.274 e. The van der Waals surface area contributed by atoms with Crippen LogP contribution >= 0.6 is 15.9 Å². The van der Waals surface area contributed by atoms with E-state index in [0.717, 1.165) is 9.86 Å². The number of nitrogens with zero attached hydrogens (tertiary/aromatic N) is 2. The second-order valence-corrected chi connectivity index (χ2v) is 3.45. The molecule has 0 N–H and O–H groups in total. The van der Waals surface area contributed by atoms with Crippen molar-refractivity contribution in [3.63, 3.8) is 0 Å². The van der Waals surface area contributed by atoms with Gasteiger partial charge in [-0.15, -0.1) is 0 Å². The summed E-state index contributed by atoms with van der Waals surface area (Å²) in [6.07, 6.45) is 1.78. The third kappa shape index (κ3) is 1.03. The van der Waals surface area contributed by atoms with Crippen LogP contribution in [0.1, 0.15) is 0 Å². The first-order valence-corrected chi connectivity index (χ1v) is 4.25. The van der Waals surface area contributed by atoms with Crippen molar-refractivity contribution >= 4 is 26.8 Å². The highest BCUT2D eigenvalue weighted by Crippen LogP contribution is 2.24. The van der Waals surface area contributed by atoms with Crippen LogP contribution in [0.25, 0.3) is 10.9 Å². The standard InChI is InChI=1S/C8H6BrFN2/c1-12-4-5-6(9)2-3-7(10)8(5)11-12/h2-4H,1H3. The maximum atomic E-state index is 13.1. The number of aryl methyl sites for hydroxylation is 1. The second kappa shape index (κ2) is 2.55. The average molecular weight is 229 g/mol. The molecular formula is C8H6BrFN2. The Morgan fingerprint density at radius 3 is 2.92 bits per heavy atom. The number of fused-ring (bicyclic) bond motifs is 1. The predicted octanol–water partition coefficient (Wildman–Crippen LogP) is 2.47. The highest BCUT2D eigenvalue weighted by atomic mass is 79.9. The van der Waals surface area contributed by atoms with Gasteiger partial charge in [-0.3, -0.25) is 4.68 Å². The van der Waals surface area contributed by atoms with Crippen LogP contribution in [0.15, 0.2) is 22.8 Å². The molecule has 2 rings (SSSR count).